The maximum absolute atomic E-state index is 4.20. The molecule has 1 saturated heterocycles. The summed E-state index contributed by atoms with van der Waals surface area (Å²) < 4.78 is 1.97. The molecule has 1 N–H and O–H groups in total. The van der Waals surface area contributed by atoms with E-state index in [4.69, 9.17) is 0 Å². The van der Waals surface area contributed by atoms with Gasteiger partial charge in [-0.25, -0.2) is 0 Å². The van der Waals surface area contributed by atoms with E-state index in [-0.39, 0.29) is 0 Å². The molecule has 0 unspecified atom stereocenters. The lowest BCUT2D eigenvalue weighted by Gasteiger charge is -2.31. The summed E-state index contributed by atoms with van der Waals surface area (Å²) in [6.45, 7) is 11.9. The van der Waals surface area contributed by atoms with Crippen molar-refractivity contribution in [2.24, 2.45) is 0 Å². The minimum atomic E-state index is 0.353. The average Bonchev–Trinajstić information content (AvgIpc) is 2.94. The number of likely N-dealkylation sites (tertiary alicyclic amines) is 1. The van der Waals surface area contributed by atoms with Crippen molar-refractivity contribution in [1.29, 1.82) is 0 Å². The summed E-state index contributed by atoms with van der Waals surface area (Å²) in [5.74, 6) is 0. The standard InChI is InChI=1S/C14H27N5/c1-4-7-15-11-13-12-19(17-16-13)10-9-18-8-5-6-14(18,2)3/h12,15H,4-11H2,1-3H3. The van der Waals surface area contributed by atoms with Crippen LogP contribution >= 0.6 is 0 Å². The van der Waals surface area contributed by atoms with Gasteiger partial charge in [0.1, 0.15) is 0 Å². The highest BCUT2D eigenvalue weighted by Gasteiger charge is 2.31. The molecular formula is C14H27N5. The third kappa shape index (κ3) is 4.01. The van der Waals surface area contributed by atoms with Gasteiger partial charge in [0.25, 0.3) is 0 Å². The Kier molecular flexibility index (Phi) is 4.93. The molecule has 0 aliphatic carbocycles. The van der Waals surface area contributed by atoms with Gasteiger partial charge in [-0.05, 0) is 46.2 Å². The largest absolute Gasteiger partial charge is 0.311 e. The molecule has 0 amide bonds. The number of hydrogen-bond acceptors (Lipinski definition) is 4. The topological polar surface area (TPSA) is 46.0 Å². The molecule has 19 heavy (non-hydrogen) atoms. The van der Waals surface area contributed by atoms with E-state index < -0.39 is 0 Å². The molecule has 0 saturated carbocycles. The van der Waals surface area contributed by atoms with E-state index in [9.17, 15) is 0 Å². The summed E-state index contributed by atoms with van der Waals surface area (Å²) in [6, 6.07) is 0. The predicted molar refractivity (Wildman–Crippen MR) is 76.9 cm³/mol. The second-order valence-electron chi connectivity index (χ2n) is 6.05. The number of nitrogens with zero attached hydrogens (tertiary/aromatic N) is 4. The molecule has 5 heteroatoms. The van der Waals surface area contributed by atoms with E-state index >= 15 is 0 Å². The summed E-state index contributed by atoms with van der Waals surface area (Å²) in [6.07, 6.45) is 5.83. The normalized spacial score (nSPS) is 19.1. The quantitative estimate of drug-likeness (QED) is 0.762. The van der Waals surface area contributed by atoms with Crippen molar-refractivity contribution >= 4 is 0 Å². The maximum atomic E-state index is 4.20. The van der Waals surface area contributed by atoms with Crippen molar-refractivity contribution in [1.82, 2.24) is 25.2 Å². The molecule has 2 rings (SSSR count). The summed E-state index contributed by atoms with van der Waals surface area (Å²) in [7, 11) is 0. The Bertz CT molecular complexity index is 385. The molecule has 0 spiro atoms. The van der Waals surface area contributed by atoms with Crippen LogP contribution in [0.2, 0.25) is 0 Å². The van der Waals surface area contributed by atoms with Crippen LogP contribution < -0.4 is 5.32 Å². The molecule has 1 aromatic heterocycles. The van der Waals surface area contributed by atoms with Crippen LogP contribution in [0.15, 0.2) is 6.20 Å². The van der Waals surface area contributed by atoms with Crippen molar-refractivity contribution < 1.29 is 0 Å². The third-order valence-corrected chi connectivity index (χ3v) is 3.99. The Balaban J connectivity index is 1.77. The first-order valence-electron chi connectivity index (χ1n) is 7.46. The van der Waals surface area contributed by atoms with Gasteiger partial charge in [0.15, 0.2) is 0 Å². The van der Waals surface area contributed by atoms with Gasteiger partial charge < -0.3 is 5.32 Å². The van der Waals surface area contributed by atoms with E-state index in [1.165, 1.54) is 19.4 Å². The van der Waals surface area contributed by atoms with Gasteiger partial charge in [-0.15, -0.1) is 5.10 Å². The lowest BCUT2D eigenvalue weighted by atomic mass is 10.0. The van der Waals surface area contributed by atoms with Crippen LogP contribution in [-0.4, -0.2) is 45.1 Å². The van der Waals surface area contributed by atoms with E-state index in [0.29, 0.717) is 5.54 Å². The monoisotopic (exact) mass is 265 g/mol. The molecule has 0 atom stereocenters. The van der Waals surface area contributed by atoms with Crippen molar-refractivity contribution in [2.45, 2.75) is 58.7 Å². The first-order chi connectivity index (χ1) is 9.12. The van der Waals surface area contributed by atoms with Gasteiger partial charge in [0, 0.05) is 24.8 Å². The van der Waals surface area contributed by atoms with Crippen molar-refractivity contribution in [3.8, 4) is 0 Å². The molecule has 1 aromatic rings. The fourth-order valence-corrected chi connectivity index (χ4v) is 2.72. The molecule has 0 bridgehead atoms. The second kappa shape index (κ2) is 6.48. The van der Waals surface area contributed by atoms with Crippen LogP contribution in [0.3, 0.4) is 0 Å². The van der Waals surface area contributed by atoms with Crippen LogP contribution in [0.5, 0.6) is 0 Å². The van der Waals surface area contributed by atoms with E-state index in [1.54, 1.807) is 0 Å². The number of hydrogen-bond donors (Lipinski definition) is 1. The molecular weight excluding hydrogens is 238 g/mol. The molecule has 108 valence electrons. The fourth-order valence-electron chi connectivity index (χ4n) is 2.72. The van der Waals surface area contributed by atoms with Crippen molar-refractivity contribution in [3.05, 3.63) is 11.9 Å². The highest BCUT2D eigenvalue weighted by Crippen LogP contribution is 2.27. The van der Waals surface area contributed by atoms with Crippen LogP contribution in [0.1, 0.15) is 45.7 Å². The molecule has 5 nitrogen and oxygen atoms in total. The number of aromatic nitrogens is 3. The first kappa shape index (κ1) is 14.5. The van der Waals surface area contributed by atoms with Gasteiger partial charge in [-0.2, -0.15) is 0 Å². The highest BCUT2D eigenvalue weighted by molar-refractivity contribution is 4.92. The van der Waals surface area contributed by atoms with Gasteiger partial charge in [0.2, 0.25) is 0 Å². The zero-order chi connectivity index (χ0) is 13.7. The first-order valence-corrected chi connectivity index (χ1v) is 7.46. The van der Waals surface area contributed by atoms with E-state index in [0.717, 1.165) is 38.3 Å². The van der Waals surface area contributed by atoms with Crippen LogP contribution in [-0.2, 0) is 13.1 Å². The molecule has 1 aliphatic heterocycles. The van der Waals surface area contributed by atoms with Gasteiger partial charge >= 0.3 is 0 Å². The number of rotatable bonds is 7. The second-order valence-corrected chi connectivity index (χ2v) is 6.05. The molecule has 2 heterocycles. The Morgan fingerprint density at radius 3 is 2.89 bits per heavy atom. The molecule has 1 fully saturated rings. The Labute approximate surface area is 116 Å². The number of nitrogens with one attached hydrogen (secondary N) is 1. The smallest absolute Gasteiger partial charge is 0.0964 e. The lowest BCUT2D eigenvalue weighted by molar-refractivity contribution is 0.166. The minimum absolute atomic E-state index is 0.353. The van der Waals surface area contributed by atoms with Crippen molar-refractivity contribution in [3.63, 3.8) is 0 Å². The highest BCUT2D eigenvalue weighted by atomic mass is 15.4. The average molecular weight is 265 g/mol. The molecule has 0 aromatic carbocycles. The van der Waals surface area contributed by atoms with Crippen molar-refractivity contribution in [2.75, 3.05) is 19.6 Å². The lowest BCUT2D eigenvalue weighted by Crippen LogP contribution is -2.40. The van der Waals surface area contributed by atoms with E-state index in [2.05, 4.69) is 47.5 Å². The third-order valence-electron chi connectivity index (χ3n) is 3.99. The zero-order valence-electron chi connectivity index (χ0n) is 12.5. The van der Waals surface area contributed by atoms with Gasteiger partial charge in [-0.1, -0.05) is 12.1 Å². The SMILES string of the molecule is CCCNCc1cn(CCN2CCCC2(C)C)nn1. The molecule has 0 radical (unpaired) electrons. The zero-order valence-corrected chi connectivity index (χ0v) is 12.5. The predicted octanol–water partition coefficient (Wildman–Crippen LogP) is 1.65. The Morgan fingerprint density at radius 2 is 2.21 bits per heavy atom. The molecule has 1 aliphatic rings. The fraction of sp³-hybridized carbons (Fsp3) is 0.857. The summed E-state index contributed by atoms with van der Waals surface area (Å²) in [5, 5.41) is 11.8. The van der Waals surface area contributed by atoms with Gasteiger partial charge in [-0.3, -0.25) is 9.58 Å². The van der Waals surface area contributed by atoms with Crippen LogP contribution in [0.25, 0.3) is 0 Å². The van der Waals surface area contributed by atoms with Crippen LogP contribution in [0.4, 0.5) is 0 Å². The van der Waals surface area contributed by atoms with Gasteiger partial charge in [0.05, 0.1) is 12.2 Å². The summed E-state index contributed by atoms with van der Waals surface area (Å²) >= 11 is 0. The Hall–Kier alpha value is -0.940. The minimum Gasteiger partial charge on any atom is -0.311 e. The summed E-state index contributed by atoms with van der Waals surface area (Å²) in [4.78, 5) is 2.56. The Morgan fingerprint density at radius 1 is 1.37 bits per heavy atom. The van der Waals surface area contributed by atoms with E-state index in [1.807, 2.05) is 4.68 Å². The van der Waals surface area contributed by atoms with Crippen LogP contribution in [0, 0.1) is 0 Å². The summed E-state index contributed by atoms with van der Waals surface area (Å²) in [5.41, 5.74) is 1.39. The maximum Gasteiger partial charge on any atom is 0.0964 e.